The zero-order valence-corrected chi connectivity index (χ0v) is 21.6. The molecule has 0 spiro atoms. The summed E-state index contributed by atoms with van der Waals surface area (Å²) in [5.41, 5.74) is 0. The maximum atomic E-state index is 12.7. The van der Waals surface area contributed by atoms with E-state index in [1.54, 1.807) is 12.1 Å². The van der Waals surface area contributed by atoms with Crippen molar-refractivity contribution in [1.82, 2.24) is 24.2 Å². The fraction of sp³-hybridized carbons (Fsp3) is 0.632. The number of piperidine rings is 1. The van der Waals surface area contributed by atoms with Crippen LogP contribution in [0.3, 0.4) is 0 Å². The van der Waals surface area contributed by atoms with Crippen LogP contribution >= 0.6 is 39.7 Å². The Labute approximate surface area is 206 Å². The summed E-state index contributed by atoms with van der Waals surface area (Å²) in [6.45, 7) is 4.24. The summed E-state index contributed by atoms with van der Waals surface area (Å²) < 4.78 is 33.5. The molecule has 2 aromatic rings. The topological polar surface area (TPSA) is 99.9 Å². The Morgan fingerprint density at radius 2 is 1.81 bits per heavy atom. The van der Waals surface area contributed by atoms with E-state index in [0.29, 0.717) is 61.5 Å². The summed E-state index contributed by atoms with van der Waals surface area (Å²) in [6, 6.07) is 3.38. The lowest BCUT2D eigenvalue weighted by molar-refractivity contribution is -0.132. The predicted octanol–water partition coefficient (Wildman–Crippen LogP) is 2.77. The number of nitrogens with zero attached hydrogens (tertiary/aromatic N) is 5. The Kier molecular flexibility index (Phi) is 9.10. The number of halogens is 2. The maximum Gasteiger partial charge on any atom is 0.252 e. The third kappa shape index (κ3) is 6.29. The molecule has 4 rings (SSSR count). The van der Waals surface area contributed by atoms with Gasteiger partial charge in [-0.1, -0.05) is 5.16 Å². The van der Waals surface area contributed by atoms with Gasteiger partial charge in [0, 0.05) is 52.1 Å². The highest BCUT2D eigenvalue weighted by atomic mass is 79.9. The number of carbonyl (C=O) groups excluding carboxylic acids is 1. The first kappa shape index (κ1) is 25.6. The molecule has 2 saturated heterocycles. The fourth-order valence-electron chi connectivity index (χ4n) is 3.86. The Balaban J connectivity index is 0.00000289. The highest BCUT2D eigenvalue weighted by Crippen LogP contribution is 2.29. The molecule has 4 heterocycles. The summed E-state index contributed by atoms with van der Waals surface area (Å²) in [7, 11) is -3.45. The summed E-state index contributed by atoms with van der Waals surface area (Å²) in [5, 5.41) is 4.03. The molecule has 178 valence electrons. The summed E-state index contributed by atoms with van der Waals surface area (Å²) in [4.78, 5) is 20.7. The molecule has 2 aromatic heterocycles. The molecular weight excluding hydrogens is 542 g/mol. The van der Waals surface area contributed by atoms with E-state index in [0.717, 1.165) is 29.7 Å². The van der Waals surface area contributed by atoms with Crippen LogP contribution in [-0.2, 0) is 27.8 Å². The molecule has 1 amide bonds. The Morgan fingerprint density at radius 3 is 2.47 bits per heavy atom. The zero-order chi connectivity index (χ0) is 21.8. The molecule has 13 heteroatoms. The average Bonchev–Trinajstić information content (AvgIpc) is 3.42. The normalized spacial score (nSPS) is 18.5. The maximum absolute atomic E-state index is 12.7. The van der Waals surface area contributed by atoms with Gasteiger partial charge in [0.1, 0.15) is 4.21 Å². The van der Waals surface area contributed by atoms with Crippen molar-refractivity contribution in [3.8, 4) is 0 Å². The van der Waals surface area contributed by atoms with E-state index in [4.69, 9.17) is 4.52 Å². The highest BCUT2D eigenvalue weighted by Gasteiger charge is 2.30. The van der Waals surface area contributed by atoms with Gasteiger partial charge in [-0.05, 0) is 47.3 Å². The van der Waals surface area contributed by atoms with Gasteiger partial charge >= 0.3 is 0 Å². The van der Waals surface area contributed by atoms with Crippen LogP contribution < -0.4 is 0 Å². The van der Waals surface area contributed by atoms with Crippen LogP contribution in [0.1, 0.15) is 37.4 Å². The number of amides is 1. The van der Waals surface area contributed by atoms with Gasteiger partial charge in [0.05, 0.1) is 10.3 Å². The number of hydrogen-bond donors (Lipinski definition) is 0. The molecule has 2 aliphatic rings. The molecule has 2 fully saturated rings. The number of likely N-dealkylation sites (tertiary alicyclic amines) is 1. The number of piperazine rings is 1. The van der Waals surface area contributed by atoms with Gasteiger partial charge in [0.15, 0.2) is 5.82 Å². The van der Waals surface area contributed by atoms with Crippen molar-refractivity contribution in [3.05, 3.63) is 27.6 Å². The molecule has 0 saturated carbocycles. The minimum Gasteiger partial charge on any atom is -0.343 e. The average molecular weight is 569 g/mol. The molecule has 0 radical (unpaired) electrons. The SMILES string of the molecule is Cl.O=C(CCc1nc(CN2CCN(S(=O)(=O)c3ccc(Br)s3)CC2)no1)N1CCCCC1. The molecule has 0 aromatic carbocycles. The van der Waals surface area contributed by atoms with Crippen LogP contribution in [0, 0.1) is 0 Å². The molecule has 0 N–H and O–H groups in total. The van der Waals surface area contributed by atoms with Crippen molar-refractivity contribution in [1.29, 1.82) is 0 Å². The first-order valence-corrected chi connectivity index (χ1v) is 13.5. The molecule has 0 unspecified atom stereocenters. The van der Waals surface area contributed by atoms with Gasteiger partial charge in [-0.2, -0.15) is 9.29 Å². The van der Waals surface area contributed by atoms with Crippen LogP contribution in [0.4, 0.5) is 0 Å². The second-order valence-electron chi connectivity index (χ2n) is 7.78. The van der Waals surface area contributed by atoms with E-state index in [2.05, 4.69) is 31.0 Å². The molecule has 0 aliphatic carbocycles. The number of rotatable bonds is 7. The molecule has 32 heavy (non-hydrogen) atoms. The lowest BCUT2D eigenvalue weighted by atomic mass is 10.1. The van der Waals surface area contributed by atoms with Crippen LogP contribution in [0.25, 0.3) is 0 Å². The van der Waals surface area contributed by atoms with Crippen LogP contribution in [0.15, 0.2) is 24.7 Å². The smallest absolute Gasteiger partial charge is 0.252 e. The molecule has 0 atom stereocenters. The number of aryl methyl sites for hydroxylation is 1. The van der Waals surface area contributed by atoms with E-state index < -0.39 is 10.0 Å². The number of sulfonamides is 1. The fourth-order valence-corrected chi connectivity index (χ4v) is 7.45. The van der Waals surface area contributed by atoms with E-state index in [9.17, 15) is 13.2 Å². The van der Waals surface area contributed by atoms with Crippen LogP contribution in [0.2, 0.25) is 0 Å². The third-order valence-corrected chi connectivity index (χ3v) is 9.60. The number of thiophene rings is 1. The Bertz CT molecular complexity index is 1000. The lowest BCUT2D eigenvalue weighted by Crippen LogP contribution is -2.48. The van der Waals surface area contributed by atoms with Gasteiger partial charge in [0.25, 0.3) is 10.0 Å². The Morgan fingerprint density at radius 1 is 1.09 bits per heavy atom. The predicted molar refractivity (Wildman–Crippen MR) is 126 cm³/mol. The van der Waals surface area contributed by atoms with Gasteiger partial charge in [-0.3, -0.25) is 9.69 Å². The quantitative estimate of drug-likeness (QED) is 0.506. The number of hydrogen-bond acceptors (Lipinski definition) is 8. The van der Waals surface area contributed by atoms with Gasteiger partial charge < -0.3 is 9.42 Å². The minimum absolute atomic E-state index is 0. The van der Waals surface area contributed by atoms with Crippen molar-refractivity contribution < 1.29 is 17.7 Å². The molecule has 2 aliphatic heterocycles. The van der Waals surface area contributed by atoms with Crippen molar-refractivity contribution >= 4 is 55.6 Å². The van der Waals surface area contributed by atoms with Crippen molar-refractivity contribution in [2.75, 3.05) is 39.3 Å². The standard InChI is InChI=1S/C19H26BrN5O4S2.ClH/c20-15-4-7-19(30-15)31(27,28)25-12-10-23(11-13-25)14-16-21-17(29-22-16)5-6-18(26)24-8-2-1-3-9-24;/h4,7H,1-3,5-6,8-14H2;1H. The summed E-state index contributed by atoms with van der Waals surface area (Å²) in [5.74, 6) is 1.19. The number of carbonyl (C=O) groups is 1. The van der Waals surface area contributed by atoms with Crippen LogP contribution in [0.5, 0.6) is 0 Å². The number of aromatic nitrogens is 2. The van der Waals surface area contributed by atoms with Gasteiger partial charge in [-0.25, -0.2) is 8.42 Å². The zero-order valence-electron chi connectivity index (χ0n) is 17.6. The van der Waals surface area contributed by atoms with E-state index >= 15 is 0 Å². The summed E-state index contributed by atoms with van der Waals surface area (Å²) in [6.07, 6.45) is 4.19. The van der Waals surface area contributed by atoms with Gasteiger partial charge in [0.2, 0.25) is 11.8 Å². The molecule has 9 nitrogen and oxygen atoms in total. The molecule has 0 bridgehead atoms. The largest absolute Gasteiger partial charge is 0.343 e. The highest BCUT2D eigenvalue weighted by molar-refractivity contribution is 9.11. The lowest BCUT2D eigenvalue weighted by Gasteiger charge is -2.32. The second-order valence-corrected chi connectivity index (χ2v) is 12.4. The van der Waals surface area contributed by atoms with Crippen LogP contribution in [-0.4, -0.2) is 77.8 Å². The third-order valence-electron chi connectivity index (χ3n) is 5.61. The van der Waals surface area contributed by atoms with Gasteiger partial charge in [-0.15, -0.1) is 23.7 Å². The van der Waals surface area contributed by atoms with Crippen molar-refractivity contribution in [2.24, 2.45) is 0 Å². The van der Waals surface area contributed by atoms with E-state index in [-0.39, 0.29) is 18.3 Å². The van der Waals surface area contributed by atoms with E-state index in [1.807, 2.05) is 4.90 Å². The Hall–Kier alpha value is -1.05. The van der Waals surface area contributed by atoms with Crippen molar-refractivity contribution in [2.45, 2.75) is 42.9 Å². The molecular formula is C19H27BrClN5O4S2. The van der Waals surface area contributed by atoms with Crippen molar-refractivity contribution in [3.63, 3.8) is 0 Å². The summed E-state index contributed by atoms with van der Waals surface area (Å²) >= 11 is 4.54. The van der Waals surface area contributed by atoms with E-state index in [1.165, 1.54) is 22.1 Å². The minimum atomic E-state index is -3.45. The first-order valence-electron chi connectivity index (χ1n) is 10.5. The monoisotopic (exact) mass is 567 g/mol. The first-order chi connectivity index (χ1) is 14.9. The second kappa shape index (κ2) is 11.4.